The van der Waals surface area contributed by atoms with E-state index in [-0.39, 0.29) is 5.56 Å². The fourth-order valence-corrected chi connectivity index (χ4v) is 1.31. The third kappa shape index (κ3) is 3.05. The van der Waals surface area contributed by atoms with Gasteiger partial charge in [-0.2, -0.15) is 0 Å². The quantitative estimate of drug-likeness (QED) is 0.788. The first-order valence-corrected chi connectivity index (χ1v) is 4.92. The van der Waals surface area contributed by atoms with E-state index in [0.717, 1.165) is 0 Å². The minimum Gasteiger partial charge on any atom is -0.481 e. The highest BCUT2D eigenvalue weighted by Gasteiger charge is 2.14. The van der Waals surface area contributed by atoms with Crippen LogP contribution in [0.15, 0.2) is 18.3 Å². The number of aromatic carboxylic acids is 1. The van der Waals surface area contributed by atoms with Gasteiger partial charge in [-0.1, -0.05) is 6.92 Å². The Bertz CT molecular complexity index is 403. The number of aryl methyl sites for hydroxylation is 1. The average molecular weight is 223 g/mol. The Hall–Kier alpha value is -1.91. The molecule has 1 aromatic rings. The van der Waals surface area contributed by atoms with E-state index < -0.39 is 17.9 Å². The molecule has 1 unspecified atom stereocenters. The molecule has 1 rings (SSSR count). The normalized spacial score (nSPS) is 12.1. The summed E-state index contributed by atoms with van der Waals surface area (Å²) >= 11 is 0. The largest absolute Gasteiger partial charge is 0.481 e. The highest BCUT2D eigenvalue weighted by molar-refractivity contribution is 5.88. The number of carboxylic acids is 2. The van der Waals surface area contributed by atoms with Crippen LogP contribution in [0.25, 0.3) is 0 Å². The van der Waals surface area contributed by atoms with E-state index >= 15 is 0 Å². The van der Waals surface area contributed by atoms with Gasteiger partial charge in [0.15, 0.2) is 0 Å². The van der Waals surface area contributed by atoms with Crippen LogP contribution in [0.3, 0.4) is 0 Å². The molecule has 2 N–H and O–H groups in total. The van der Waals surface area contributed by atoms with Gasteiger partial charge in [0.2, 0.25) is 0 Å². The summed E-state index contributed by atoms with van der Waals surface area (Å²) in [4.78, 5) is 25.4. The van der Waals surface area contributed by atoms with Crippen LogP contribution in [0.2, 0.25) is 0 Å². The number of carbonyl (C=O) groups is 2. The van der Waals surface area contributed by atoms with Crippen LogP contribution < -0.4 is 0 Å². The molecule has 0 amide bonds. The Balaban J connectivity index is 2.74. The molecule has 0 aliphatic rings. The van der Waals surface area contributed by atoms with E-state index in [4.69, 9.17) is 10.2 Å². The minimum atomic E-state index is -1.04. The molecule has 0 spiro atoms. The Morgan fingerprint density at radius 2 is 2.12 bits per heavy atom. The summed E-state index contributed by atoms with van der Waals surface area (Å²) in [7, 11) is 0. The second kappa shape index (κ2) is 5.25. The van der Waals surface area contributed by atoms with Gasteiger partial charge in [0.1, 0.15) is 0 Å². The Morgan fingerprint density at radius 1 is 1.44 bits per heavy atom. The lowest BCUT2D eigenvalue weighted by atomic mass is 10.0. The first kappa shape index (κ1) is 12.2. The summed E-state index contributed by atoms with van der Waals surface area (Å²) in [5.74, 6) is -2.41. The summed E-state index contributed by atoms with van der Waals surface area (Å²) in [5.41, 5.74) is 0.572. The van der Waals surface area contributed by atoms with Gasteiger partial charge < -0.3 is 10.2 Å². The molecule has 5 nitrogen and oxygen atoms in total. The molecule has 0 radical (unpaired) electrons. The van der Waals surface area contributed by atoms with Crippen LogP contribution in [-0.2, 0) is 11.2 Å². The summed E-state index contributed by atoms with van der Waals surface area (Å²) < 4.78 is 0. The highest BCUT2D eigenvalue weighted by atomic mass is 16.4. The average Bonchev–Trinajstić information content (AvgIpc) is 2.25. The lowest BCUT2D eigenvalue weighted by Gasteiger charge is -2.07. The molecule has 1 atom stereocenters. The van der Waals surface area contributed by atoms with Crippen LogP contribution in [0.1, 0.15) is 29.4 Å². The van der Waals surface area contributed by atoms with Crippen molar-refractivity contribution in [2.45, 2.75) is 19.8 Å². The number of aliphatic carboxylic acids is 1. The Kier molecular flexibility index (Phi) is 3.99. The number of nitrogens with zero attached hydrogens (tertiary/aromatic N) is 1. The van der Waals surface area contributed by atoms with Crippen molar-refractivity contribution < 1.29 is 19.8 Å². The van der Waals surface area contributed by atoms with Crippen molar-refractivity contribution in [3.63, 3.8) is 0 Å². The maximum absolute atomic E-state index is 10.8. The monoisotopic (exact) mass is 223 g/mol. The molecule has 0 aliphatic heterocycles. The van der Waals surface area contributed by atoms with Gasteiger partial charge in [-0.15, -0.1) is 0 Å². The zero-order chi connectivity index (χ0) is 12.1. The van der Waals surface area contributed by atoms with Crippen molar-refractivity contribution in [2.75, 3.05) is 0 Å². The van der Waals surface area contributed by atoms with Crippen molar-refractivity contribution in [2.24, 2.45) is 5.92 Å². The number of aromatic nitrogens is 1. The molecular weight excluding hydrogens is 210 g/mol. The van der Waals surface area contributed by atoms with Crippen LogP contribution >= 0.6 is 0 Å². The molecule has 0 aromatic carbocycles. The number of rotatable bonds is 5. The van der Waals surface area contributed by atoms with E-state index in [1.54, 1.807) is 13.0 Å². The molecule has 0 aliphatic carbocycles. The maximum Gasteiger partial charge on any atom is 0.337 e. The molecule has 16 heavy (non-hydrogen) atoms. The topological polar surface area (TPSA) is 87.5 Å². The molecule has 0 saturated heterocycles. The molecule has 5 heteroatoms. The molecule has 1 aromatic heterocycles. The molecule has 0 saturated carbocycles. The predicted molar refractivity (Wildman–Crippen MR) is 56.3 cm³/mol. The zero-order valence-electron chi connectivity index (χ0n) is 8.88. The van der Waals surface area contributed by atoms with Crippen LogP contribution in [0, 0.1) is 5.92 Å². The van der Waals surface area contributed by atoms with Gasteiger partial charge in [-0.05, 0) is 25.0 Å². The number of pyridine rings is 1. The minimum absolute atomic E-state index is 0.139. The van der Waals surface area contributed by atoms with Gasteiger partial charge in [0.25, 0.3) is 0 Å². The summed E-state index contributed by atoms with van der Waals surface area (Å²) in [5, 5.41) is 17.6. The summed E-state index contributed by atoms with van der Waals surface area (Å²) in [6.45, 7) is 1.59. The maximum atomic E-state index is 10.8. The Labute approximate surface area is 92.8 Å². The zero-order valence-corrected chi connectivity index (χ0v) is 8.88. The van der Waals surface area contributed by atoms with E-state index in [9.17, 15) is 9.59 Å². The van der Waals surface area contributed by atoms with Gasteiger partial charge in [0.05, 0.1) is 17.2 Å². The lowest BCUT2D eigenvalue weighted by molar-refractivity contribution is -0.141. The molecule has 86 valence electrons. The van der Waals surface area contributed by atoms with Gasteiger partial charge in [0, 0.05) is 6.20 Å². The highest BCUT2D eigenvalue weighted by Crippen LogP contribution is 2.12. The summed E-state index contributed by atoms with van der Waals surface area (Å²) in [6, 6.07) is 3.02. The lowest BCUT2D eigenvalue weighted by Crippen LogP contribution is -2.12. The third-order valence-corrected chi connectivity index (χ3v) is 2.36. The number of hydrogen-bond donors (Lipinski definition) is 2. The van der Waals surface area contributed by atoms with Crippen molar-refractivity contribution in [3.8, 4) is 0 Å². The standard InChI is InChI=1S/C11H13NO4/c1-7(10(13)14)4-5-9-8(11(15)16)3-2-6-12-9/h2-3,6-7H,4-5H2,1H3,(H,13,14)(H,15,16). The van der Waals surface area contributed by atoms with Gasteiger partial charge >= 0.3 is 11.9 Å². The predicted octanol–water partition coefficient (Wildman–Crippen LogP) is 1.43. The summed E-state index contributed by atoms with van der Waals surface area (Å²) in [6.07, 6.45) is 2.25. The van der Waals surface area contributed by atoms with Gasteiger partial charge in [-0.3, -0.25) is 9.78 Å². The number of hydrogen-bond acceptors (Lipinski definition) is 3. The van der Waals surface area contributed by atoms with E-state index in [2.05, 4.69) is 4.98 Å². The molecule has 0 bridgehead atoms. The van der Waals surface area contributed by atoms with E-state index in [1.807, 2.05) is 0 Å². The number of carboxylic acid groups (broad SMARTS) is 2. The van der Waals surface area contributed by atoms with Crippen molar-refractivity contribution in [1.82, 2.24) is 4.98 Å². The third-order valence-electron chi connectivity index (χ3n) is 2.36. The second-order valence-electron chi connectivity index (χ2n) is 3.58. The molecular formula is C11H13NO4. The SMILES string of the molecule is CC(CCc1ncccc1C(=O)O)C(=O)O. The first-order chi connectivity index (χ1) is 7.52. The van der Waals surface area contributed by atoms with Crippen molar-refractivity contribution in [1.29, 1.82) is 0 Å². The molecule has 0 fully saturated rings. The molecule has 1 heterocycles. The van der Waals surface area contributed by atoms with Crippen molar-refractivity contribution in [3.05, 3.63) is 29.6 Å². The first-order valence-electron chi connectivity index (χ1n) is 4.92. The van der Waals surface area contributed by atoms with Crippen molar-refractivity contribution >= 4 is 11.9 Å². The smallest absolute Gasteiger partial charge is 0.337 e. The van der Waals surface area contributed by atoms with Crippen LogP contribution in [-0.4, -0.2) is 27.1 Å². The fraction of sp³-hybridized carbons (Fsp3) is 0.364. The van der Waals surface area contributed by atoms with Crippen LogP contribution in [0.5, 0.6) is 0 Å². The fourth-order valence-electron chi connectivity index (χ4n) is 1.31. The Morgan fingerprint density at radius 3 is 2.69 bits per heavy atom. The van der Waals surface area contributed by atoms with Crippen LogP contribution in [0.4, 0.5) is 0 Å². The van der Waals surface area contributed by atoms with Gasteiger partial charge in [-0.25, -0.2) is 4.79 Å². The second-order valence-corrected chi connectivity index (χ2v) is 3.58. The van der Waals surface area contributed by atoms with E-state index in [1.165, 1.54) is 12.3 Å². The van der Waals surface area contributed by atoms with E-state index in [0.29, 0.717) is 18.5 Å².